The van der Waals surface area contributed by atoms with Gasteiger partial charge in [-0.3, -0.25) is 14.3 Å². The first-order valence-electron chi connectivity index (χ1n) is 9.81. The first kappa shape index (κ1) is 18.5. The van der Waals surface area contributed by atoms with Crippen molar-refractivity contribution in [3.05, 3.63) is 47.8 Å². The Kier molecular flexibility index (Phi) is 4.83. The SMILES string of the molecule is Cc1ccn(C[C@@H](C)C(=O)N2CCC[C@]3(CNC(=O)c4ccccc4O3)C2)n1. The van der Waals surface area contributed by atoms with Crippen molar-refractivity contribution in [2.45, 2.75) is 38.8 Å². The molecular formula is C21H26N4O3. The van der Waals surface area contributed by atoms with E-state index in [9.17, 15) is 9.59 Å². The second-order valence-corrected chi connectivity index (χ2v) is 7.91. The Labute approximate surface area is 164 Å². The average molecular weight is 382 g/mol. The summed E-state index contributed by atoms with van der Waals surface area (Å²) >= 11 is 0. The van der Waals surface area contributed by atoms with Gasteiger partial charge in [0.25, 0.3) is 5.91 Å². The van der Waals surface area contributed by atoms with Gasteiger partial charge in [0.05, 0.1) is 36.8 Å². The fourth-order valence-corrected chi connectivity index (χ4v) is 4.10. The molecule has 0 unspecified atom stereocenters. The molecule has 7 nitrogen and oxygen atoms in total. The summed E-state index contributed by atoms with van der Waals surface area (Å²) in [6, 6.07) is 9.22. The average Bonchev–Trinajstić information content (AvgIpc) is 3.05. The number of carbonyl (C=O) groups excluding carboxylic acids is 2. The molecule has 3 heterocycles. The highest BCUT2D eigenvalue weighted by atomic mass is 16.5. The molecule has 2 amide bonds. The van der Waals surface area contributed by atoms with Crippen molar-refractivity contribution < 1.29 is 14.3 Å². The van der Waals surface area contributed by atoms with Gasteiger partial charge in [-0.25, -0.2) is 0 Å². The molecule has 0 aliphatic carbocycles. The van der Waals surface area contributed by atoms with Crippen LogP contribution in [-0.4, -0.2) is 51.7 Å². The Morgan fingerprint density at radius 3 is 2.96 bits per heavy atom. The molecule has 1 aromatic heterocycles. The molecule has 1 saturated heterocycles. The van der Waals surface area contributed by atoms with Crippen molar-refractivity contribution in [1.29, 1.82) is 0 Å². The van der Waals surface area contributed by atoms with Gasteiger partial charge in [-0.2, -0.15) is 5.10 Å². The quantitative estimate of drug-likeness (QED) is 0.881. The van der Waals surface area contributed by atoms with E-state index in [1.165, 1.54) is 0 Å². The molecular weight excluding hydrogens is 356 g/mol. The topological polar surface area (TPSA) is 76.5 Å². The number of ether oxygens (including phenoxy) is 1. The Bertz CT molecular complexity index is 893. The Balaban J connectivity index is 1.49. The van der Waals surface area contributed by atoms with Gasteiger partial charge < -0.3 is 15.0 Å². The van der Waals surface area contributed by atoms with E-state index in [1.54, 1.807) is 6.07 Å². The van der Waals surface area contributed by atoms with Gasteiger partial charge >= 0.3 is 0 Å². The predicted octanol–water partition coefficient (Wildman–Crippen LogP) is 2.01. The van der Waals surface area contributed by atoms with E-state index in [0.29, 0.717) is 37.5 Å². The van der Waals surface area contributed by atoms with E-state index in [1.807, 2.05) is 53.9 Å². The molecule has 2 aliphatic heterocycles. The zero-order valence-corrected chi connectivity index (χ0v) is 16.4. The number of hydrogen-bond donors (Lipinski definition) is 1. The summed E-state index contributed by atoms with van der Waals surface area (Å²) in [4.78, 5) is 27.3. The summed E-state index contributed by atoms with van der Waals surface area (Å²) in [6.45, 7) is 6.01. The van der Waals surface area contributed by atoms with E-state index in [-0.39, 0.29) is 17.7 Å². The van der Waals surface area contributed by atoms with E-state index < -0.39 is 5.60 Å². The van der Waals surface area contributed by atoms with Crippen molar-refractivity contribution in [1.82, 2.24) is 20.0 Å². The summed E-state index contributed by atoms with van der Waals surface area (Å²) in [5.41, 5.74) is 0.904. The number of nitrogens with zero attached hydrogens (tertiary/aromatic N) is 3. The summed E-state index contributed by atoms with van der Waals surface area (Å²) in [6.07, 6.45) is 3.55. The number of carbonyl (C=O) groups is 2. The molecule has 0 bridgehead atoms. The van der Waals surface area contributed by atoms with Crippen LogP contribution in [0.25, 0.3) is 0 Å². The molecule has 0 radical (unpaired) electrons. The molecule has 1 aromatic carbocycles. The van der Waals surface area contributed by atoms with E-state index in [0.717, 1.165) is 18.5 Å². The lowest BCUT2D eigenvalue weighted by molar-refractivity contribution is -0.141. The van der Waals surface area contributed by atoms with Crippen molar-refractivity contribution in [2.75, 3.05) is 19.6 Å². The molecule has 2 atom stereocenters. The second kappa shape index (κ2) is 7.30. The monoisotopic (exact) mass is 382 g/mol. The Morgan fingerprint density at radius 2 is 2.18 bits per heavy atom. The number of rotatable bonds is 3. The fraction of sp³-hybridized carbons (Fsp3) is 0.476. The second-order valence-electron chi connectivity index (χ2n) is 7.91. The molecule has 148 valence electrons. The highest BCUT2D eigenvalue weighted by molar-refractivity contribution is 5.97. The highest BCUT2D eigenvalue weighted by Crippen LogP contribution is 2.32. The van der Waals surface area contributed by atoms with Crippen LogP contribution in [0.3, 0.4) is 0 Å². The third kappa shape index (κ3) is 3.61. The van der Waals surface area contributed by atoms with Gasteiger partial charge in [0.15, 0.2) is 0 Å². The van der Waals surface area contributed by atoms with E-state index >= 15 is 0 Å². The molecule has 2 aromatic rings. The Morgan fingerprint density at radius 1 is 1.36 bits per heavy atom. The van der Waals surface area contributed by atoms with Crippen molar-refractivity contribution in [2.24, 2.45) is 5.92 Å². The maximum absolute atomic E-state index is 13.1. The van der Waals surface area contributed by atoms with Crippen LogP contribution >= 0.6 is 0 Å². The van der Waals surface area contributed by atoms with Crippen LogP contribution in [0.5, 0.6) is 5.75 Å². The van der Waals surface area contributed by atoms with Gasteiger partial charge in [-0.1, -0.05) is 19.1 Å². The molecule has 1 fully saturated rings. The van der Waals surface area contributed by atoms with Crippen LogP contribution in [0.15, 0.2) is 36.5 Å². The summed E-state index contributed by atoms with van der Waals surface area (Å²) in [7, 11) is 0. The number of aromatic nitrogens is 2. The van der Waals surface area contributed by atoms with Crippen molar-refractivity contribution >= 4 is 11.8 Å². The first-order valence-corrected chi connectivity index (χ1v) is 9.81. The normalized spacial score (nSPS) is 22.8. The van der Waals surface area contributed by atoms with Crippen molar-refractivity contribution in [3.8, 4) is 5.75 Å². The molecule has 0 saturated carbocycles. The first-order chi connectivity index (χ1) is 13.5. The number of likely N-dealkylation sites (tertiary alicyclic amines) is 1. The number of piperidine rings is 1. The lowest BCUT2D eigenvalue weighted by Crippen LogP contribution is -2.58. The molecule has 28 heavy (non-hydrogen) atoms. The van der Waals surface area contributed by atoms with Gasteiger partial charge in [-0.15, -0.1) is 0 Å². The van der Waals surface area contributed by atoms with Crippen LogP contribution in [-0.2, 0) is 11.3 Å². The lowest BCUT2D eigenvalue weighted by Gasteiger charge is -2.42. The Hall–Kier alpha value is -2.83. The van der Waals surface area contributed by atoms with Crippen LogP contribution in [0.4, 0.5) is 0 Å². The van der Waals surface area contributed by atoms with Gasteiger partial charge in [0, 0.05) is 12.7 Å². The fourth-order valence-electron chi connectivity index (χ4n) is 4.10. The minimum atomic E-state index is -0.585. The third-order valence-electron chi connectivity index (χ3n) is 5.54. The molecule has 4 rings (SSSR count). The van der Waals surface area contributed by atoms with Crippen LogP contribution in [0.2, 0.25) is 0 Å². The van der Waals surface area contributed by atoms with Gasteiger partial charge in [0.1, 0.15) is 11.4 Å². The standard InChI is InChI=1S/C21H26N4O3/c1-15(12-25-11-8-16(2)23-25)20(27)24-10-5-9-21(14-24)13-22-19(26)17-6-3-4-7-18(17)28-21/h3-4,6-8,11,15H,5,9-10,12-14H2,1-2H3,(H,22,26)/t15-,21+/m1/s1. The zero-order valence-electron chi connectivity index (χ0n) is 16.4. The number of aryl methyl sites for hydroxylation is 1. The highest BCUT2D eigenvalue weighted by Gasteiger charge is 2.42. The third-order valence-corrected chi connectivity index (χ3v) is 5.54. The molecule has 2 aliphatic rings. The number of para-hydroxylation sites is 1. The number of nitrogens with one attached hydrogen (secondary N) is 1. The zero-order chi connectivity index (χ0) is 19.7. The molecule has 1 spiro atoms. The molecule has 7 heteroatoms. The smallest absolute Gasteiger partial charge is 0.255 e. The van der Waals surface area contributed by atoms with Crippen LogP contribution < -0.4 is 10.1 Å². The van der Waals surface area contributed by atoms with Crippen molar-refractivity contribution in [3.63, 3.8) is 0 Å². The number of fused-ring (bicyclic) bond motifs is 1. The van der Waals surface area contributed by atoms with Crippen LogP contribution in [0.1, 0.15) is 35.8 Å². The largest absolute Gasteiger partial charge is 0.483 e. The minimum Gasteiger partial charge on any atom is -0.483 e. The number of amides is 2. The lowest BCUT2D eigenvalue weighted by atomic mass is 9.91. The van der Waals surface area contributed by atoms with E-state index in [2.05, 4.69) is 10.4 Å². The molecule has 1 N–H and O–H groups in total. The number of hydrogen-bond acceptors (Lipinski definition) is 4. The summed E-state index contributed by atoms with van der Waals surface area (Å²) in [5.74, 6) is 0.381. The number of benzene rings is 1. The maximum atomic E-state index is 13.1. The van der Waals surface area contributed by atoms with E-state index in [4.69, 9.17) is 4.74 Å². The maximum Gasteiger partial charge on any atom is 0.255 e. The van der Waals surface area contributed by atoms with Gasteiger partial charge in [-0.05, 0) is 38.0 Å². The summed E-state index contributed by atoms with van der Waals surface area (Å²) < 4.78 is 8.16. The van der Waals surface area contributed by atoms with Crippen LogP contribution in [0, 0.1) is 12.8 Å². The van der Waals surface area contributed by atoms with Gasteiger partial charge in [0.2, 0.25) is 5.91 Å². The predicted molar refractivity (Wildman–Crippen MR) is 104 cm³/mol. The summed E-state index contributed by atoms with van der Waals surface area (Å²) in [5, 5.41) is 7.36. The minimum absolute atomic E-state index is 0.0969.